The zero-order valence-corrected chi connectivity index (χ0v) is 15.7. The van der Waals surface area contributed by atoms with Crippen molar-refractivity contribution in [2.45, 2.75) is 77.2 Å². The van der Waals surface area contributed by atoms with Gasteiger partial charge >= 0.3 is 5.97 Å². The zero-order valence-electron chi connectivity index (χ0n) is 14.9. The first-order valence-corrected chi connectivity index (χ1v) is 9.24. The van der Waals surface area contributed by atoms with Crippen LogP contribution in [0.15, 0.2) is 0 Å². The van der Waals surface area contributed by atoms with Gasteiger partial charge in [0.25, 0.3) is 0 Å². The molecule has 3 N–H and O–H groups in total. The van der Waals surface area contributed by atoms with E-state index in [9.17, 15) is 9.59 Å². The molecule has 0 heterocycles. The SMILES string of the molecule is CCOC(=O)C1CCC(NC(=O)CC2(CN)CCCCC2)CC1.Cl. The minimum Gasteiger partial charge on any atom is -0.466 e. The van der Waals surface area contributed by atoms with Crippen LogP contribution >= 0.6 is 12.4 Å². The molecule has 0 unspecified atom stereocenters. The molecule has 0 saturated heterocycles. The molecule has 0 aliphatic heterocycles. The summed E-state index contributed by atoms with van der Waals surface area (Å²) in [5.41, 5.74) is 5.99. The number of halogens is 1. The molecule has 0 spiro atoms. The number of esters is 1. The Morgan fingerprint density at radius 2 is 1.75 bits per heavy atom. The average molecular weight is 361 g/mol. The number of ether oxygens (including phenoxy) is 1. The molecule has 2 saturated carbocycles. The van der Waals surface area contributed by atoms with Crippen LogP contribution in [0.2, 0.25) is 0 Å². The van der Waals surface area contributed by atoms with Gasteiger partial charge in [-0.3, -0.25) is 9.59 Å². The molecule has 0 bridgehead atoms. The van der Waals surface area contributed by atoms with E-state index >= 15 is 0 Å². The summed E-state index contributed by atoms with van der Waals surface area (Å²) in [6, 6.07) is 0.201. The van der Waals surface area contributed by atoms with E-state index in [0.717, 1.165) is 38.5 Å². The summed E-state index contributed by atoms with van der Waals surface area (Å²) in [4.78, 5) is 24.2. The zero-order chi connectivity index (χ0) is 16.7. The number of hydrogen-bond acceptors (Lipinski definition) is 4. The average Bonchev–Trinajstić information content (AvgIpc) is 2.56. The summed E-state index contributed by atoms with van der Waals surface area (Å²) in [7, 11) is 0. The molecule has 2 fully saturated rings. The van der Waals surface area contributed by atoms with Gasteiger partial charge in [-0.05, 0) is 57.4 Å². The van der Waals surface area contributed by atoms with Crippen molar-refractivity contribution in [1.82, 2.24) is 5.32 Å². The number of carbonyl (C=O) groups is 2. The van der Waals surface area contributed by atoms with Gasteiger partial charge in [0.05, 0.1) is 12.5 Å². The number of amides is 1. The Labute approximate surface area is 151 Å². The molecule has 6 heteroatoms. The maximum atomic E-state index is 12.4. The van der Waals surface area contributed by atoms with Gasteiger partial charge in [-0.15, -0.1) is 12.4 Å². The molecule has 0 aromatic carbocycles. The van der Waals surface area contributed by atoms with E-state index in [0.29, 0.717) is 19.6 Å². The van der Waals surface area contributed by atoms with Crippen LogP contribution in [0.3, 0.4) is 0 Å². The van der Waals surface area contributed by atoms with Crippen LogP contribution in [-0.2, 0) is 14.3 Å². The van der Waals surface area contributed by atoms with Crippen LogP contribution in [0.5, 0.6) is 0 Å². The topological polar surface area (TPSA) is 81.4 Å². The molecule has 2 aliphatic carbocycles. The first kappa shape index (κ1) is 21.2. The molecule has 0 aromatic rings. The summed E-state index contributed by atoms with van der Waals surface area (Å²) in [5, 5.41) is 3.17. The van der Waals surface area contributed by atoms with E-state index in [-0.39, 0.29) is 41.7 Å². The van der Waals surface area contributed by atoms with E-state index in [1.807, 2.05) is 6.92 Å². The standard InChI is InChI=1S/C18H32N2O3.ClH/c1-2-23-17(22)14-6-8-15(9-7-14)20-16(21)12-18(13-19)10-4-3-5-11-18;/h14-15H,2-13,19H2,1H3,(H,20,21);1H. The Bertz CT molecular complexity index is 403. The molecule has 24 heavy (non-hydrogen) atoms. The normalized spacial score (nSPS) is 26.1. The van der Waals surface area contributed by atoms with Crippen molar-refractivity contribution in [2.75, 3.05) is 13.2 Å². The van der Waals surface area contributed by atoms with E-state index in [1.54, 1.807) is 0 Å². The highest BCUT2D eigenvalue weighted by molar-refractivity contribution is 5.85. The van der Waals surface area contributed by atoms with Crippen molar-refractivity contribution in [2.24, 2.45) is 17.1 Å². The van der Waals surface area contributed by atoms with Gasteiger partial charge in [0, 0.05) is 12.5 Å². The number of rotatable bonds is 6. The first-order valence-electron chi connectivity index (χ1n) is 9.24. The predicted octanol–water partition coefficient (Wildman–Crippen LogP) is 2.95. The van der Waals surface area contributed by atoms with Crippen LogP contribution in [0.4, 0.5) is 0 Å². The van der Waals surface area contributed by atoms with Crippen LogP contribution in [0.25, 0.3) is 0 Å². The third kappa shape index (κ3) is 5.92. The molecule has 2 rings (SSSR count). The minimum absolute atomic E-state index is 0. The predicted molar refractivity (Wildman–Crippen MR) is 97.0 cm³/mol. The number of nitrogens with two attached hydrogens (primary N) is 1. The number of hydrogen-bond donors (Lipinski definition) is 2. The van der Waals surface area contributed by atoms with Crippen molar-refractivity contribution in [3.05, 3.63) is 0 Å². The second-order valence-corrected chi connectivity index (χ2v) is 7.31. The van der Waals surface area contributed by atoms with E-state index in [2.05, 4.69) is 5.32 Å². The van der Waals surface area contributed by atoms with Crippen LogP contribution in [-0.4, -0.2) is 31.1 Å². The summed E-state index contributed by atoms with van der Waals surface area (Å²) in [5.74, 6) is 0.0651. The summed E-state index contributed by atoms with van der Waals surface area (Å²) in [6.07, 6.45) is 9.71. The van der Waals surface area contributed by atoms with Crippen LogP contribution in [0, 0.1) is 11.3 Å². The molecule has 5 nitrogen and oxygen atoms in total. The summed E-state index contributed by atoms with van der Waals surface area (Å²) < 4.78 is 5.09. The van der Waals surface area contributed by atoms with Crippen LogP contribution in [0.1, 0.15) is 71.1 Å². The lowest BCUT2D eigenvalue weighted by molar-refractivity contribution is -0.149. The van der Waals surface area contributed by atoms with Gasteiger partial charge in [0.15, 0.2) is 0 Å². The van der Waals surface area contributed by atoms with E-state index in [4.69, 9.17) is 10.5 Å². The lowest BCUT2D eigenvalue weighted by Crippen LogP contribution is -2.43. The lowest BCUT2D eigenvalue weighted by atomic mass is 9.71. The Morgan fingerprint density at radius 1 is 1.12 bits per heavy atom. The van der Waals surface area contributed by atoms with Crippen molar-refractivity contribution >= 4 is 24.3 Å². The Morgan fingerprint density at radius 3 is 2.29 bits per heavy atom. The smallest absolute Gasteiger partial charge is 0.308 e. The third-order valence-electron chi connectivity index (χ3n) is 5.60. The van der Waals surface area contributed by atoms with Gasteiger partial charge in [-0.2, -0.15) is 0 Å². The highest BCUT2D eigenvalue weighted by Gasteiger charge is 2.34. The Hall–Kier alpha value is -0.810. The molecule has 2 aliphatic rings. The lowest BCUT2D eigenvalue weighted by Gasteiger charge is -2.36. The molecular weight excluding hydrogens is 328 g/mol. The number of nitrogens with one attached hydrogen (secondary N) is 1. The second-order valence-electron chi connectivity index (χ2n) is 7.31. The third-order valence-corrected chi connectivity index (χ3v) is 5.60. The molecule has 0 aromatic heterocycles. The highest BCUT2D eigenvalue weighted by Crippen LogP contribution is 2.38. The second kappa shape index (κ2) is 10.2. The van der Waals surface area contributed by atoms with Crippen molar-refractivity contribution in [1.29, 1.82) is 0 Å². The molecule has 140 valence electrons. The summed E-state index contributed by atoms with van der Waals surface area (Å²) in [6.45, 7) is 2.88. The highest BCUT2D eigenvalue weighted by atomic mass is 35.5. The van der Waals surface area contributed by atoms with Crippen LogP contribution < -0.4 is 11.1 Å². The Balaban J connectivity index is 0.00000288. The Kier molecular flexibility index (Phi) is 9.06. The monoisotopic (exact) mass is 360 g/mol. The quantitative estimate of drug-likeness (QED) is 0.713. The maximum Gasteiger partial charge on any atom is 0.308 e. The van der Waals surface area contributed by atoms with E-state index < -0.39 is 0 Å². The fraction of sp³-hybridized carbons (Fsp3) is 0.889. The minimum atomic E-state index is -0.0819. The number of carbonyl (C=O) groups excluding carboxylic acids is 2. The van der Waals surface area contributed by atoms with Gasteiger partial charge in [0.2, 0.25) is 5.91 Å². The fourth-order valence-electron chi connectivity index (χ4n) is 4.11. The van der Waals surface area contributed by atoms with E-state index in [1.165, 1.54) is 19.3 Å². The summed E-state index contributed by atoms with van der Waals surface area (Å²) >= 11 is 0. The van der Waals surface area contributed by atoms with Gasteiger partial charge in [-0.1, -0.05) is 19.3 Å². The van der Waals surface area contributed by atoms with Crippen molar-refractivity contribution < 1.29 is 14.3 Å². The molecule has 0 atom stereocenters. The van der Waals surface area contributed by atoms with Gasteiger partial charge < -0.3 is 15.8 Å². The fourth-order valence-corrected chi connectivity index (χ4v) is 4.11. The van der Waals surface area contributed by atoms with Crippen molar-refractivity contribution in [3.8, 4) is 0 Å². The molecular formula is C18H33ClN2O3. The maximum absolute atomic E-state index is 12.4. The van der Waals surface area contributed by atoms with Crippen molar-refractivity contribution in [3.63, 3.8) is 0 Å². The first-order chi connectivity index (χ1) is 11.1. The largest absolute Gasteiger partial charge is 0.466 e. The molecule has 1 amide bonds. The van der Waals surface area contributed by atoms with Gasteiger partial charge in [-0.25, -0.2) is 0 Å². The van der Waals surface area contributed by atoms with Gasteiger partial charge in [0.1, 0.15) is 0 Å². The molecule has 0 radical (unpaired) electrons.